The number of rotatable bonds is 5. The summed E-state index contributed by atoms with van der Waals surface area (Å²) in [5.41, 5.74) is 5.69. The Morgan fingerprint density at radius 2 is 2.22 bits per heavy atom. The van der Waals surface area contributed by atoms with Crippen molar-refractivity contribution in [2.75, 3.05) is 20.1 Å². The topological polar surface area (TPSA) is 134 Å². The molecule has 1 aliphatic rings. The molecular weight excluding hydrogens is 322 g/mol. The summed E-state index contributed by atoms with van der Waals surface area (Å²) in [5.74, 6) is -2.66. The maximum Gasteiger partial charge on any atom is 0.309 e. The quantitative estimate of drug-likeness (QED) is 0.421. The molecule has 0 spiro atoms. The molecule has 2 rings (SSSR count). The number of fused-ring (bicyclic) bond motifs is 1. The highest BCUT2D eigenvalue weighted by atomic mass is 32.1. The number of aromatic nitrogens is 1. The zero-order chi connectivity index (χ0) is 17.0. The van der Waals surface area contributed by atoms with E-state index in [1.165, 1.54) is 11.3 Å². The molecule has 3 amide bonds. The maximum atomic E-state index is 12.2. The number of hydrogen-bond acceptors (Lipinski definition) is 7. The fraction of sp³-hybridized carbons (Fsp3) is 0.462. The summed E-state index contributed by atoms with van der Waals surface area (Å²) in [6.45, 7) is 1.41. The summed E-state index contributed by atoms with van der Waals surface area (Å²) >= 11 is 1.29. The van der Waals surface area contributed by atoms with Gasteiger partial charge in [0.1, 0.15) is 12.3 Å². The van der Waals surface area contributed by atoms with Crippen molar-refractivity contribution in [3.05, 3.63) is 15.6 Å². The Labute approximate surface area is 136 Å². The highest BCUT2D eigenvalue weighted by molar-refractivity contribution is 7.13. The maximum absolute atomic E-state index is 12.2. The number of hydrogen-bond donors (Lipinski definition) is 3. The van der Waals surface area contributed by atoms with Crippen LogP contribution in [-0.2, 0) is 27.3 Å². The van der Waals surface area contributed by atoms with Crippen molar-refractivity contribution in [3.8, 4) is 0 Å². The highest BCUT2D eigenvalue weighted by Gasteiger charge is 2.23. The number of likely N-dealkylation sites (N-methyl/N-ethyl adjacent to an activating group) is 1. The number of primary amides is 1. The van der Waals surface area contributed by atoms with E-state index in [1.54, 1.807) is 0 Å². The van der Waals surface area contributed by atoms with Gasteiger partial charge in [0.05, 0.1) is 5.69 Å². The summed E-state index contributed by atoms with van der Waals surface area (Å²) in [4.78, 5) is 52.3. The Morgan fingerprint density at radius 3 is 2.87 bits per heavy atom. The first-order chi connectivity index (χ1) is 10.9. The van der Waals surface area contributed by atoms with Gasteiger partial charge in [0, 0.05) is 30.9 Å². The first-order valence-corrected chi connectivity index (χ1v) is 7.73. The van der Waals surface area contributed by atoms with Gasteiger partial charge in [-0.2, -0.15) is 0 Å². The Kier molecular flexibility index (Phi) is 5.40. The molecule has 2 heterocycles. The summed E-state index contributed by atoms with van der Waals surface area (Å²) in [5, 5.41) is 4.90. The van der Waals surface area contributed by atoms with Gasteiger partial charge >= 0.3 is 11.8 Å². The molecule has 4 N–H and O–H groups in total. The summed E-state index contributed by atoms with van der Waals surface area (Å²) < 4.78 is 0. The number of nitrogens with two attached hydrogens (primary N) is 1. The average Bonchev–Trinajstić information content (AvgIpc) is 2.93. The molecule has 0 aromatic carbocycles. The van der Waals surface area contributed by atoms with Crippen LogP contribution in [0.1, 0.15) is 20.4 Å². The van der Waals surface area contributed by atoms with Gasteiger partial charge in [0.15, 0.2) is 5.01 Å². The number of nitrogens with one attached hydrogen (secondary N) is 2. The van der Waals surface area contributed by atoms with Gasteiger partial charge in [-0.15, -0.1) is 11.3 Å². The van der Waals surface area contributed by atoms with Crippen LogP contribution in [0.2, 0.25) is 0 Å². The minimum Gasteiger partial charge on any atom is -0.361 e. The van der Waals surface area contributed by atoms with E-state index in [4.69, 9.17) is 5.73 Å². The third-order valence-corrected chi connectivity index (χ3v) is 4.38. The van der Waals surface area contributed by atoms with Crippen LogP contribution in [0, 0.1) is 0 Å². The molecule has 1 atom stereocenters. The molecule has 0 saturated carbocycles. The lowest BCUT2D eigenvalue weighted by Gasteiger charge is -2.20. The van der Waals surface area contributed by atoms with Crippen molar-refractivity contribution < 1.29 is 19.2 Å². The van der Waals surface area contributed by atoms with Crippen LogP contribution < -0.4 is 16.4 Å². The van der Waals surface area contributed by atoms with Crippen molar-refractivity contribution in [2.24, 2.45) is 5.73 Å². The van der Waals surface area contributed by atoms with Crippen molar-refractivity contribution in [3.63, 3.8) is 0 Å². The van der Waals surface area contributed by atoms with Crippen LogP contribution >= 0.6 is 11.3 Å². The number of nitrogens with zero attached hydrogens (tertiary/aromatic N) is 2. The summed E-state index contributed by atoms with van der Waals surface area (Å²) in [6.07, 6.45) is 1.25. The van der Waals surface area contributed by atoms with E-state index in [1.807, 2.05) is 7.05 Å². The fourth-order valence-corrected chi connectivity index (χ4v) is 3.16. The van der Waals surface area contributed by atoms with Crippen LogP contribution in [-0.4, -0.2) is 60.1 Å². The first kappa shape index (κ1) is 17.0. The van der Waals surface area contributed by atoms with E-state index in [0.717, 1.165) is 30.1 Å². The molecule has 23 heavy (non-hydrogen) atoms. The molecule has 0 aliphatic carbocycles. The fourth-order valence-electron chi connectivity index (χ4n) is 2.07. The minimum absolute atomic E-state index is 0.217. The first-order valence-electron chi connectivity index (χ1n) is 6.91. The van der Waals surface area contributed by atoms with Gasteiger partial charge in [0.2, 0.25) is 0 Å². The molecule has 1 aliphatic heterocycles. The molecule has 0 saturated heterocycles. The molecular formula is C13H17N5O4S. The van der Waals surface area contributed by atoms with Crippen molar-refractivity contribution in [1.29, 1.82) is 0 Å². The van der Waals surface area contributed by atoms with Crippen molar-refractivity contribution >= 4 is 35.3 Å². The van der Waals surface area contributed by atoms with Gasteiger partial charge in [-0.3, -0.25) is 14.4 Å². The number of carbonyl (C=O) groups excluding carboxylic acids is 4. The van der Waals surface area contributed by atoms with Crippen molar-refractivity contribution in [2.45, 2.75) is 19.0 Å². The molecule has 1 aromatic rings. The Hall–Kier alpha value is -2.33. The van der Waals surface area contributed by atoms with E-state index in [-0.39, 0.29) is 11.6 Å². The third-order valence-electron chi connectivity index (χ3n) is 3.30. The lowest BCUT2D eigenvalue weighted by molar-refractivity contribution is -0.137. The van der Waals surface area contributed by atoms with Crippen LogP contribution in [0.15, 0.2) is 0 Å². The van der Waals surface area contributed by atoms with E-state index < -0.39 is 23.8 Å². The normalized spacial score (nSPS) is 15.3. The monoisotopic (exact) mass is 339 g/mol. The molecule has 9 nitrogen and oxygen atoms in total. The average molecular weight is 339 g/mol. The molecule has 0 bridgehead atoms. The van der Waals surface area contributed by atoms with E-state index in [0.29, 0.717) is 6.29 Å². The van der Waals surface area contributed by atoms with E-state index in [2.05, 4.69) is 20.5 Å². The highest BCUT2D eigenvalue weighted by Crippen LogP contribution is 2.24. The minimum atomic E-state index is -1.15. The predicted octanol–water partition coefficient (Wildman–Crippen LogP) is -1.97. The SMILES string of the molecule is CN1CCc2nc(C(=O)NC(C=O)CNC(=O)C(N)=O)sc2C1. The molecule has 10 heteroatoms. The van der Waals surface area contributed by atoms with Crippen molar-refractivity contribution in [1.82, 2.24) is 20.5 Å². The smallest absolute Gasteiger partial charge is 0.309 e. The molecule has 1 aromatic heterocycles. The van der Waals surface area contributed by atoms with E-state index in [9.17, 15) is 19.2 Å². The molecule has 0 radical (unpaired) electrons. The van der Waals surface area contributed by atoms with Gasteiger partial charge in [0.25, 0.3) is 5.91 Å². The third kappa shape index (κ3) is 4.33. The van der Waals surface area contributed by atoms with Gasteiger partial charge in [-0.1, -0.05) is 0 Å². The second-order valence-corrected chi connectivity index (χ2v) is 6.25. The number of aldehydes is 1. The van der Waals surface area contributed by atoms with Crippen LogP contribution in [0.5, 0.6) is 0 Å². The second-order valence-electron chi connectivity index (χ2n) is 5.17. The predicted molar refractivity (Wildman–Crippen MR) is 81.7 cm³/mol. The summed E-state index contributed by atoms with van der Waals surface area (Å²) in [7, 11) is 1.99. The number of carbonyl (C=O) groups is 4. The largest absolute Gasteiger partial charge is 0.361 e. The van der Waals surface area contributed by atoms with Crippen LogP contribution in [0.4, 0.5) is 0 Å². The van der Waals surface area contributed by atoms with Crippen LogP contribution in [0.3, 0.4) is 0 Å². The van der Waals surface area contributed by atoms with Gasteiger partial charge in [-0.25, -0.2) is 4.98 Å². The van der Waals surface area contributed by atoms with Gasteiger partial charge < -0.3 is 26.1 Å². The molecule has 0 fully saturated rings. The standard InChI is InChI=1S/C13H17N5O4S/c1-18-3-2-8-9(5-18)23-13(17-8)12(22)16-7(6-19)4-15-11(21)10(14)20/h6-7H,2-5H2,1H3,(H2,14,20)(H,15,21)(H,16,22). The molecule has 1 unspecified atom stereocenters. The summed E-state index contributed by atoms with van der Waals surface area (Å²) in [6, 6.07) is -0.964. The number of amides is 3. The van der Waals surface area contributed by atoms with Crippen LogP contribution in [0.25, 0.3) is 0 Å². The zero-order valence-corrected chi connectivity index (χ0v) is 13.3. The number of thiazole rings is 1. The molecule has 124 valence electrons. The van der Waals surface area contributed by atoms with E-state index >= 15 is 0 Å². The lowest BCUT2D eigenvalue weighted by atomic mass is 10.2. The Balaban J connectivity index is 1.96. The Morgan fingerprint density at radius 1 is 1.48 bits per heavy atom. The second kappa shape index (κ2) is 7.29. The Bertz CT molecular complexity index is 644. The lowest BCUT2D eigenvalue weighted by Crippen LogP contribution is -2.47. The van der Waals surface area contributed by atoms with Gasteiger partial charge in [-0.05, 0) is 7.05 Å². The zero-order valence-electron chi connectivity index (χ0n) is 12.5.